The van der Waals surface area contributed by atoms with Crippen molar-refractivity contribution in [3.05, 3.63) is 149 Å². The number of primary amides is 1. The Balaban J connectivity index is 1.05. The van der Waals surface area contributed by atoms with E-state index in [4.69, 9.17) is 10.5 Å². The quantitative estimate of drug-likeness (QED) is 0.0773. The molecule has 6 heterocycles. The molecule has 8 atom stereocenters. The fraction of sp³-hybridized carbons (Fsp3) is 0.394. The molecule has 27 nitrogen and oxygen atoms in total. The molecule has 0 unspecified atom stereocenters. The van der Waals surface area contributed by atoms with Crippen molar-refractivity contribution in [3.8, 4) is 11.5 Å². The van der Waals surface area contributed by atoms with Gasteiger partial charge >= 0.3 is 5.97 Å². The number of aromatic amines is 3. The number of ether oxygens (including phenoxy) is 1. The third-order valence-corrected chi connectivity index (χ3v) is 18.2. The minimum absolute atomic E-state index is 0.0344. The van der Waals surface area contributed by atoms with Crippen LogP contribution in [0.5, 0.6) is 11.5 Å². The van der Waals surface area contributed by atoms with Crippen LogP contribution in [0.15, 0.2) is 110 Å². The van der Waals surface area contributed by atoms with Gasteiger partial charge in [0.05, 0.1) is 37.3 Å². The van der Waals surface area contributed by atoms with Crippen molar-refractivity contribution in [2.75, 3.05) is 19.7 Å². The molecule has 4 aromatic carbocycles. The lowest BCUT2D eigenvalue weighted by Gasteiger charge is -2.37. The van der Waals surface area contributed by atoms with Gasteiger partial charge in [0, 0.05) is 110 Å². The topological polar surface area (TPSA) is 416 Å². The third kappa shape index (κ3) is 19.6. The molecule has 13 N–H and O–H groups in total. The second-order valence-electron chi connectivity index (χ2n) is 25.7. The number of aromatic hydroxyl groups is 1. The Morgan fingerprint density at radius 3 is 1.95 bits per heavy atom. The zero-order chi connectivity index (χ0) is 71.8. The number of amides is 8. The number of carbonyl (C=O) groups is 12. The van der Waals surface area contributed by atoms with Gasteiger partial charge in [0.2, 0.25) is 47.3 Å². The number of nitrogens with two attached hydrogens (primary N) is 1. The van der Waals surface area contributed by atoms with E-state index in [1.54, 1.807) is 24.3 Å². The molecule has 100 heavy (non-hydrogen) atoms. The highest BCUT2D eigenvalue weighted by Crippen LogP contribution is 2.34. The number of carboxylic acids is 1. The molecule has 528 valence electrons. The van der Waals surface area contributed by atoms with Crippen LogP contribution in [0.2, 0.25) is 0 Å². The van der Waals surface area contributed by atoms with Crippen molar-refractivity contribution in [1.82, 2.24) is 56.7 Å². The number of phenols is 1. The number of benzene rings is 4. The number of nitrogens with one attached hydrogen (secondary N) is 9. The van der Waals surface area contributed by atoms with Crippen molar-refractivity contribution in [3.63, 3.8) is 0 Å². The minimum atomic E-state index is -1.78. The van der Waals surface area contributed by atoms with E-state index < -0.39 is 156 Å². The van der Waals surface area contributed by atoms with Gasteiger partial charge in [-0.3, -0.25) is 57.5 Å². The maximum Gasteiger partial charge on any atom is 0.304 e. The SMILES string of the molecule is CC(=O)N[C@H]1CCCCCC(=O)COc2ccc(cc2)C[C@@H](C(N)=O)NC(=O)[C@]2(C)CCCN2C(=O)[C@H](Cc2ccc(O)cc2)CC(=O)[C@H](Cc2cnc[nH]2)NC(=O)[C@H](CC(=O)O)CC(=O)[C@H](Cc2c[nH]c3ccc(F)cc23)NC(=O)[C@H](Cc2c[nH]c3ccc(F)cc23)NC(=O)CNC1=O. The van der Waals surface area contributed by atoms with Crippen LogP contribution in [0.3, 0.4) is 0 Å². The van der Waals surface area contributed by atoms with Gasteiger partial charge in [0.1, 0.15) is 53.4 Å². The number of Topliss-reactive ketones (excluding diaryl/α,β-unsaturated/α-hetero) is 3. The highest BCUT2D eigenvalue weighted by Gasteiger charge is 2.48. The fourth-order valence-electron chi connectivity index (χ4n) is 12.8. The highest BCUT2D eigenvalue weighted by molar-refractivity contribution is 6.00. The van der Waals surface area contributed by atoms with Gasteiger partial charge in [0.25, 0.3) is 0 Å². The summed E-state index contributed by atoms with van der Waals surface area (Å²) in [6, 6.07) is 12.6. The van der Waals surface area contributed by atoms with E-state index in [1.807, 2.05) is 0 Å². The van der Waals surface area contributed by atoms with Gasteiger partial charge in [-0.25, -0.2) is 13.8 Å². The van der Waals surface area contributed by atoms with Gasteiger partial charge in [-0.1, -0.05) is 37.1 Å². The Kier molecular flexibility index (Phi) is 24.4. The standard InChI is InChI=1S/C71H80F2N12O15/c1-39(86)80-56-8-5-3-4-7-50(88)37-100-51-17-11-41(12-18-51)24-59(65(74)94)84-70(99)71(2)21-6-22-85(71)69(98)43(23-40-9-15-49(87)16-10-40)28-62(90)58(32-48-35-75-38-79-48)82-66(95)42(29-64(92)93)27-61(89)57(25-44-33-76-54-19-13-46(72)30-52(44)54)83-68(97)60(81-63(91)36-78-67(56)96)26-45-34-77-55-20-14-47(73)31-53(45)55/h9-20,30-31,33-35,38,42-43,56-60,76-77,87H,3-8,21-29,32,36-37H2,1-2H3,(H2,74,94)(H,75,79)(H,78,96)(H,80,86)(H,81,91)(H,82,95)(H,83,97)(H,84,99)(H,92,93)/t42-,43+,56-,57-,58-,59-,60-,71-/m0/s1. The number of phenolic OH excluding ortho intramolecular Hbond substituents is 1. The molecule has 0 radical (unpaired) electrons. The number of hydrogen-bond donors (Lipinski definition) is 12. The van der Waals surface area contributed by atoms with E-state index in [1.165, 1.54) is 104 Å². The molecule has 1 fully saturated rings. The number of carboxylic acid groups (broad SMARTS) is 1. The summed E-state index contributed by atoms with van der Waals surface area (Å²) >= 11 is 0. The van der Waals surface area contributed by atoms with Crippen molar-refractivity contribution >= 4 is 92.4 Å². The average molecular weight is 1380 g/mol. The number of hydrogen-bond acceptors (Lipinski definition) is 15. The van der Waals surface area contributed by atoms with Crippen LogP contribution < -0.4 is 42.4 Å². The number of carbonyl (C=O) groups excluding carboxylic acids is 11. The van der Waals surface area contributed by atoms with Crippen LogP contribution in [0.1, 0.15) is 106 Å². The number of aromatic nitrogens is 4. The van der Waals surface area contributed by atoms with Crippen molar-refractivity contribution in [2.24, 2.45) is 17.6 Å². The predicted octanol–water partition coefficient (Wildman–Crippen LogP) is 3.83. The van der Waals surface area contributed by atoms with Gasteiger partial charge in [0.15, 0.2) is 17.3 Å². The molecule has 0 aliphatic carbocycles. The highest BCUT2D eigenvalue weighted by atomic mass is 19.1. The van der Waals surface area contributed by atoms with Gasteiger partial charge < -0.3 is 72.4 Å². The summed E-state index contributed by atoms with van der Waals surface area (Å²) < 4.78 is 35.5. The van der Waals surface area contributed by atoms with E-state index in [0.717, 1.165) is 0 Å². The molecule has 1 saturated heterocycles. The van der Waals surface area contributed by atoms with Crippen LogP contribution in [0, 0.1) is 23.5 Å². The van der Waals surface area contributed by atoms with Crippen molar-refractivity contribution in [2.45, 2.75) is 146 Å². The minimum Gasteiger partial charge on any atom is -0.508 e. The molecule has 2 bridgehead atoms. The van der Waals surface area contributed by atoms with Crippen LogP contribution in [-0.4, -0.2) is 161 Å². The maximum atomic E-state index is 15.3. The summed E-state index contributed by atoms with van der Waals surface area (Å²) in [4.78, 5) is 183. The smallest absolute Gasteiger partial charge is 0.304 e. The summed E-state index contributed by atoms with van der Waals surface area (Å²) in [6.45, 7) is 1.71. The zero-order valence-electron chi connectivity index (χ0n) is 55.1. The van der Waals surface area contributed by atoms with Crippen LogP contribution in [0.4, 0.5) is 8.78 Å². The first kappa shape index (κ1) is 73.1. The summed E-state index contributed by atoms with van der Waals surface area (Å²) in [5, 5.41) is 36.9. The molecule has 0 spiro atoms. The monoisotopic (exact) mass is 1380 g/mol. The maximum absolute atomic E-state index is 15.3. The Labute approximate surface area is 572 Å². The lowest BCUT2D eigenvalue weighted by Crippen LogP contribution is -2.60. The lowest BCUT2D eigenvalue weighted by atomic mass is 9.87. The molecule has 0 saturated carbocycles. The zero-order valence-corrected chi connectivity index (χ0v) is 55.1. The Morgan fingerprint density at radius 1 is 0.700 bits per heavy atom. The normalized spacial score (nSPS) is 22.9. The summed E-state index contributed by atoms with van der Waals surface area (Å²) in [5.41, 5.74) is 7.07. The number of aliphatic carboxylic acids is 1. The Bertz CT molecular complexity index is 4180. The number of halogens is 2. The largest absolute Gasteiger partial charge is 0.508 e. The number of nitrogens with zero attached hydrogens (tertiary/aromatic N) is 2. The Hall–Kier alpha value is -11.1. The molecule has 3 aliphatic rings. The summed E-state index contributed by atoms with van der Waals surface area (Å²) in [7, 11) is 0. The number of H-pyrrole nitrogens is 3. The van der Waals surface area contributed by atoms with E-state index in [2.05, 4.69) is 51.8 Å². The molecule has 10 rings (SSSR count). The van der Waals surface area contributed by atoms with E-state index in [-0.39, 0.29) is 80.6 Å². The first-order valence-electron chi connectivity index (χ1n) is 32.9. The van der Waals surface area contributed by atoms with Crippen LogP contribution >= 0.6 is 0 Å². The molecular weight excluding hydrogens is 1300 g/mol. The van der Waals surface area contributed by atoms with E-state index in [0.29, 0.717) is 70.2 Å². The van der Waals surface area contributed by atoms with E-state index in [9.17, 15) is 57.4 Å². The molecule has 3 aliphatic heterocycles. The molecule has 29 heteroatoms. The van der Waals surface area contributed by atoms with Gasteiger partial charge in [-0.2, -0.15) is 0 Å². The van der Waals surface area contributed by atoms with Crippen LogP contribution in [0.25, 0.3) is 21.8 Å². The van der Waals surface area contributed by atoms with Crippen molar-refractivity contribution in [1.29, 1.82) is 0 Å². The number of rotatable bonds is 12. The first-order valence-corrected chi connectivity index (χ1v) is 32.9. The number of fused-ring (bicyclic) bond motifs is 34. The third-order valence-electron chi connectivity index (χ3n) is 18.2. The first-order chi connectivity index (χ1) is 47.8. The van der Waals surface area contributed by atoms with Crippen LogP contribution in [-0.2, 0) is 89.6 Å². The average Bonchev–Trinajstić information content (AvgIpc) is 1.59. The second-order valence-corrected chi connectivity index (χ2v) is 25.7. The number of imidazole rings is 1. The summed E-state index contributed by atoms with van der Waals surface area (Å²) in [5.74, 6) is -14.3. The van der Waals surface area contributed by atoms with E-state index >= 15 is 19.2 Å². The number of ketones is 3. The van der Waals surface area contributed by atoms with Gasteiger partial charge in [-0.05, 0) is 122 Å². The lowest BCUT2D eigenvalue weighted by molar-refractivity contribution is -0.148. The fourth-order valence-corrected chi connectivity index (χ4v) is 12.8. The summed E-state index contributed by atoms with van der Waals surface area (Å²) in [6.07, 6.45) is 3.53. The Morgan fingerprint density at radius 2 is 1.33 bits per heavy atom. The predicted molar refractivity (Wildman–Crippen MR) is 357 cm³/mol. The molecule has 3 aromatic heterocycles. The second kappa shape index (κ2) is 33.4. The van der Waals surface area contributed by atoms with Gasteiger partial charge in [-0.15, -0.1) is 0 Å². The van der Waals surface area contributed by atoms with Crippen molar-refractivity contribution < 1.29 is 81.3 Å². The molecule has 7 aromatic rings. The molecule has 8 amide bonds. The molecular formula is C71H80F2N12O15.